The minimum absolute atomic E-state index is 0.0777. The molecule has 0 bridgehead atoms. The average Bonchev–Trinajstić information content (AvgIpc) is 3.34. The van der Waals surface area contributed by atoms with Gasteiger partial charge in [-0.25, -0.2) is 0 Å². The van der Waals surface area contributed by atoms with Gasteiger partial charge in [0.1, 0.15) is 0 Å². The van der Waals surface area contributed by atoms with Crippen molar-refractivity contribution >= 4 is 57.2 Å². The zero-order valence-corrected chi connectivity index (χ0v) is 34.0. The molecule has 3 heteroatoms. The summed E-state index contributed by atoms with van der Waals surface area (Å²) in [6.07, 6.45) is 4.74. The lowest BCUT2D eigenvalue weighted by atomic mass is 9.33. The third kappa shape index (κ3) is 6.11. The summed E-state index contributed by atoms with van der Waals surface area (Å²) in [4.78, 5) is 5.14. The Kier molecular flexibility index (Phi) is 8.59. The van der Waals surface area contributed by atoms with Gasteiger partial charge >= 0.3 is 0 Å². The lowest BCUT2D eigenvalue weighted by Crippen LogP contribution is -2.61. The Balaban J connectivity index is 1.13. The fraction of sp³-hybridized carbons (Fsp3) is 0.0690. The molecule has 3 aliphatic rings. The summed E-state index contributed by atoms with van der Waals surface area (Å²) in [7, 11) is 0. The van der Waals surface area contributed by atoms with Crippen LogP contribution in [-0.2, 0) is 12.8 Å². The van der Waals surface area contributed by atoms with Gasteiger partial charge in [0.25, 0.3) is 6.71 Å². The van der Waals surface area contributed by atoms with Crippen molar-refractivity contribution in [3.05, 3.63) is 223 Å². The molecule has 0 N–H and O–H groups in total. The number of hydrogen-bond acceptors (Lipinski definition) is 2. The van der Waals surface area contributed by atoms with E-state index >= 15 is 0 Å². The van der Waals surface area contributed by atoms with E-state index in [1.54, 1.807) is 0 Å². The van der Waals surface area contributed by atoms with Crippen LogP contribution < -0.4 is 26.2 Å². The van der Waals surface area contributed by atoms with Gasteiger partial charge in [-0.05, 0) is 158 Å². The van der Waals surface area contributed by atoms with E-state index in [0.29, 0.717) is 0 Å². The Labute approximate surface area is 359 Å². The smallest absolute Gasteiger partial charge is 0.252 e. The molecule has 9 aromatic carbocycles. The summed E-state index contributed by atoms with van der Waals surface area (Å²) in [5, 5.41) is 0. The molecule has 2 heterocycles. The van der Waals surface area contributed by atoms with Gasteiger partial charge in [-0.2, -0.15) is 0 Å². The van der Waals surface area contributed by atoms with Crippen molar-refractivity contribution in [2.45, 2.75) is 25.7 Å². The summed E-state index contributed by atoms with van der Waals surface area (Å²) >= 11 is 0. The second-order valence-electron chi connectivity index (χ2n) is 16.8. The third-order valence-electron chi connectivity index (χ3n) is 13.1. The summed E-state index contributed by atoms with van der Waals surface area (Å²) < 4.78 is 0. The zero-order valence-electron chi connectivity index (χ0n) is 34.0. The maximum Gasteiger partial charge on any atom is 0.252 e. The highest BCUT2D eigenvalue weighted by Crippen LogP contribution is 2.47. The second kappa shape index (κ2) is 14.7. The monoisotopic (exact) mass is 778 g/mol. The van der Waals surface area contributed by atoms with Crippen LogP contribution in [0.15, 0.2) is 212 Å². The predicted octanol–water partition coefficient (Wildman–Crippen LogP) is 13.3. The molecule has 2 aliphatic heterocycles. The van der Waals surface area contributed by atoms with E-state index < -0.39 is 0 Å². The zero-order chi connectivity index (χ0) is 40.3. The van der Waals surface area contributed by atoms with Crippen LogP contribution in [-0.4, -0.2) is 6.71 Å². The van der Waals surface area contributed by atoms with E-state index in [-0.39, 0.29) is 6.71 Å². The lowest BCUT2D eigenvalue weighted by Gasteiger charge is -2.44. The third-order valence-corrected chi connectivity index (χ3v) is 13.1. The first-order valence-corrected chi connectivity index (χ1v) is 21.7. The van der Waals surface area contributed by atoms with E-state index in [0.717, 1.165) is 18.5 Å². The van der Waals surface area contributed by atoms with Crippen LogP contribution in [0.2, 0.25) is 0 Å². The maximum atomic E-state index is 2.60. The molecule has 0 spiro atoms. The number of nitrogens with zero attached hydrogens (tertiary/aromatic N) is 2. The summed E-state index contributed by atoms with van der Waals surface area (Å²) in [5.41, 5.74) is 24.0. The molecule has 0 aromatic heterocycles. The van der Waals surface area contributed by atoms with Crippen molar-refractivity contribution in [1.29, 1.82) is 0 Å². The number of rotatable bonds is 6. The highest BCUT2D eigenvalue weighted by Gasteiger charge is 2.43. The average molecular weight is 779 g/mol. The molecule has 0 radical (unpaired) electrons. The minimum Gasteiger partial charge on any atom is -0.311 e. The molecular formula is C58H43BN2. The molecule has 0 saturated carbocycles. The number of fused-ring (bicyclic) bond motifs is 5. The SMILES string of the molecule is c1ccc(-c2cc(-c3ccccc3)cc(N3c4ccccc4B4c5cc6c(cc5N(c5cc(-c7ccccc7)cc(-c7ccccc7)c5)c5cccc3c54)CCCC6)c2)cc1. The van der Waals surface area contributed by atoms with E-state index in [9.17, 15) is 0 Å². The Hall–Kier alpha value is -7.36. The first-order chi connectivity index (χ1) is 30.2. The Morgan fingerprint density at radius 3 is 1.16 bits per heavy atom. The lowest BCUT2D eigenvalue weighted by molar-refractivity contribution is 0.686. The largest absolute Gasteiger partial charge is 0.311 e. The molecule has 0 amide bonds. The number of benzene rings is 9. The molecule has 0 fully saturated rings. The standard InChI is InChI=1S/C58H43BN2/c1-5-18-40(19-6-1)46-32-47(41-20-7-2-8-21-41)35-50(34-46)60-54-29-16-15-28-52(54)59-53-38-44-26-13-14-27-45(44)39-57(53)61(56-31-17-30-55(60)58(56)59)51-36-48(42-22-9-3-10-23-42)33-49(37-51)43-24-11-4-12-25-43/h1-12,15-25,28-39H,13-14,26-27H2. The van der Waals surface area contributed by atoms with Crippen LogP contribution in [0.3, 0.4) is 0 Å². The van der Waals surface area contributed by atoms with Gasteiger partial charge < -0.3 is 9.80 Å². The molecule has 1 aliphatic carbocycles. The Morgan fingerprint density at radius 2 is 0.689 bits per heavy atom. The Morgan fingerprint density at radius 1 is 0.295 bits per heavy atom. The van der Waals surface area contributed by atoms with E-state index in [1.807, 2.05) is 0 Å². The first-order valence-electron chi connectivity index (χ1n) is 21.7. The molecule has 0 saturated heterocycles. The van der Waals surface area contributed by atoms with Crippen molar-refractivity contribution in [3.63, 3.8) is 0 Å². The van der Waals surface area contributed by atoms with Crippen molar-refractivity contribution in [2.24, 2.45) is 0 Å². The summed E-state index contributed by atoms with van der Waals surface area (Å²) in [6.45, 7) is 0.0777. The number of anilines is 6. The van der Waals surface area contributed by atoms with E-state index in [4.69, 9.17) is 0 Å². The molecule has 2 nitrogen and oxygen atoms in total. The van der Waals surface area contributed by atoms with Crippen LogP contribution in [0.4, 0.5) is 34.1 Å². The van der Waals surface area contributed by atoms with Gasteiger partial charge in [-0.3, -0.25) is 0 Å². The molecule has 0 atom stereocenters. The summed E-state index contributed by atoms with van der Waals surface area (Å²) in [5.74, 6) is 0. The van der Waals surface area contributed by atoms with Crippen molar-refractivity contribution in [2.75, 3.05) is 9.80 Å². The molecule has 288 valence electrons. The highest BCUT2D eigenvalue weighted by atomic mass is 15.2. The van der Waals surface area contributed by atoms with Gasteiger partial charge in [0.15, 0.2) is 0 Å². The van der Waals surface area contributed by atoms with E-state index in [1.165, 1.54) is 113 Å². The number of para-hydroxylation sites is 1. The van der Waals surface area contributed by atoms with Crippen LogP contribution in [0.25, 0.3) is 44.5 Å². The van der Waals surface area contributed by atoms with Crippen molar-refractivity contribution in [3.8, 4) is 44.5 Å². The van der Waals surface area contributed by atoms with E-state index in [2.05, 4.69) is 222 Å². The van der Waals surface area contributed by atoms with Crippen LogP contribution in [0.5, 0.6) is 0 Å². The van der Waals surface area contributed by atoms with Crippen LogP contribution >= 0.6 is 0 Å². The molecule has 12 rings (SSSR count). The maximum absolute atomic E-state index is 2.60. The molecule has 0 unspecified atom stereocenters. The minimum atomic E-state index is 0.0777. The number of hydrogen-bond donors (Lipinski definition) is 0. The normalized spacial score (nSPS) is 13.5. The van der Waals surface area contributed by atoms with Crippen molar-refractivity contribution < 1.29 is 0 Å². The van der Waals surface area contributed by atoms with Crippen LogP contribution in [0.1, 0.15) is 24.0 Å². The first kappa shape index (κ1) is 35.6. The fourth-order valence-corrected chi connectivity index (χ4v) is 10.3. The summed E-state index contributed by atoms with van der Waals surface area (Å²) in [6, 6.07) is 79.0. The topological polar surface area (TPSA) is 6.48 Å². The number of aryl methyl sites for hydroxylation is 2. The van der Waals surface area contributed by atoms with Gasteiger partial charge in [0.2, 0.25) is 0 Å². The molecule has 61 heavy (non-hydrogen) atoms. The molecular weight excluding hydrogens is 735 g/mol. The van der Waals surface area contributed by atoms with Gasteiger partial charge in [0.05, 0.1) is 0 Å². The fourth-order valence-electron chi connectivity index (χ4n) is 10.3. The second-order valence-corrected chi connectivity index (χ2v) is 16.8. The Bertz CT molecular complexity index is 2970. The quantitative estimate of drug-likeness (QED) is 0.155. The van der Waals surface area contributed by atoms with Gasteiger partial charge in [0, 0.05) is 34.1 Å². The van der Waals surface area contributed by atoms with Gasteiger partial charge in [-0.15, -0.1) is 0 Å². The predicted molar refractivity (Wildman–Crippen MR) is 259 cm³/mol. The molecule has 9 aromatic rings. The van der Waals surface area contributed by atoms with Gasteiger partial charge in [-0.1, -0.05) is 152 Å². The van der Waals surface area contributed by atoms with Crippen molar-refractivity contribution in [1.82, 2.24) is 0 Å². The highest BCUT2D eigenvalue weighted by molar-refractivity contribution is 7.00. The van der Waals surface area contributed by atoms with Crippen LogP contribution in [0, 0.1) is 0 Å².